The molecule has 38 valence electrons. The zero-order valence-corrected chi connectivity index (χ0v) is 4.20. The van der Waals surface area contributed by atoms with Crippen LogP contribution in [0.25, 0.3) is 5.43 Å². The topological polar surface area (TPSA) is 17.3 Å². The van der Waals surface area contributed by atoms with E-state index in [-0.39, 0.29) is 0 Å². The highest BCUT2D eigenvalue weighted by Gasteiger charge is 1.71. The summed E-state index contributed by atoms with van der Waals surface area (Å²) >= 11 is 0. The molecule has 0 amide bonds. The van der Waals surface area contributed by atoms with Crippen molar-refractivity contribution in [2.75, 3.05) is 7.05 Å². The Morgan fingerprint density at radius 1 is 1.43 bits per heavy atom. The molecule has 7 heavy (non-hydrogen) atoms. The van der Waals surface area contributed by atoms with Gasteiger partial charge in [0.2, 0.25) is 0 Å². The lowest BCUT2D eigenvalue weighted by Gasteiger charge is -2.30. The highest BCUT2D eigenvalue weighted by molar-refractivity contribution is 5.14. The molecule has 0 unspecified atom stereocenters. The van der Waals surface area contributed by atoms with Crippen molar-refractivity contribution in [3.05, 3.63) is 30.0 Å². The van der Waals surface area contributed by atoms with Crippen LogP contribution in [0.5, 0.6) is 0 Å². The van der Waals surface area contributed by atoms with Crippen molar-refractivity contribution in [2.24, 2.45) is 0 Å². The highest BCUT2D eigenvalue weighted by atomic mass is 15.5. The van der Waals surface area contributed by atoms with Crippen LogP contribution >= 0.6 is 0 Å². The van der Waals surface area contributed by atoms with Crippen molar-refractivity contribution in [3.63, 3.8) is 0 Å². The van der Waals surface area contributed by atoms with Gasteiger partial charge in [-0.15, -0.1) is 0 Å². The van der Waals surface area contributed by atoms with E-state index in [2.05, 4.69) is 5.43 Å². The molecule has 0 bridgehead atoms. The average molecular weight is 95.1 g/mol. The number of nitrogens with zero attached hydrogens (tertiary/aromatic N) is 2. The summed E-state index contributed by atoms with van der Waals surface area (Å²) in [6.45, 7) is 0. The molecule has 0 saturated heterocycles. The van der Waals surface area contributed by atoms with Crippen LogP contribution in [0.2, 0.25) is 0 Å². The fraction of sp³-hybridized carbons (Fsp3) is 0.200. The minimum absolute atomic E-state index is 1.75. The second-order valence-corrected chi connectivity index (χ2v) is 1.37. The number of hydrogen-bond acceptors (Lipinski definition) is 1. The van der Waals surface area contributed by atoms with Crippen molar-refractivity contribution < 1.29 is 0 Å². The lowest BCUT2D eigenvalue weighted by molar-refractivity contribution is 0.588. The first kappa shape index (κ1) is 4.24. The maximum Gasteiger partial charge on any atom is -0.00914 e. The molecule has 1 heterocycles. The van der Waals surface area contributed by atoms with Crippen LogP contribution in [0.15, 0.2) is 24.6 Å². The van der Waals surface area contributed by atoms with E-state index >= 15 is 0 Å². The van der Waals surface area contributed by atoms with Gasteiger partial charge in [-0.05, 0) is 19.3 Å². The Morgan fingerprint density at radius 3 is 2.57 bits per heavy atom. The van der Waals surface area contributed by atoms with Gasteiger partial charge in [0.25, 0.3) is 0 Å². The van der Waals surface area contributed by atoms with Gasteiger partial charge in [-0.3, -0.25) is 0 Å². The minimum atomic E-state index is 1.75. The summed E-state index contributed by atoms with van der Waals surface area (Å²) in [4.78, 5) is 0. The Kier molecular flexibility index (Phi) is 1.02. The summed E-state index contributed by atoms with van der Waals surface area (Å²) in [5.41, 5.74) is 3.90. The van der Waals surface area contributed by atoms with Gasteiger partial charge in [0.05, 0.1) is 0 Å². The van der Waals surface area contributed by atoms with E-state index in [1.165, 1.54) is 0 Å². The Balaban J connectivity index is 2.49. The number of hydrogen-bond donors (Lipinski definition) is 0. The van der Waals surface area contributed by atoms with E-state index < -0.39 is 0 Å². The zero-order chi connectivity index (χ0) is 5.11. The van der Waals surface area contributed by atoms with E-state index in [9.17, 15) is 0 Å². The molecule has 0 N–H and O–H groups in total. The van der Waals surface area contributed by atoms with E-state index in [1.54, 1.807) is 11.2 Å². The first-order valence-electron chi connectivity index (χ1n) is 2.16. The van der Waals surface area contributed by atoms with Crippen LogP contribution < -0.4 is 0 Å². The number of rotatable bonds is 0. The quantitative estimate of drug-likeness (QED) is 0.442. The zero-order valence-electron chi connectivity index (χ0n) is 4.20. The summed E-state index contributed by atoms with van der Waals surface area (Å²) in [5, 5.41) is 1.75. The third-order valence-corrected chi connectivity index (χ3v) is 0.748. The highest BCUT2D eigenvalue weighted by Crippen LogP contribution is 2.01. The summed E-state index contributed by atoms with van der Waals surface area (Å²) < 4.78 is 0. The normalized spacial score (nSPS) is 17.0. The van der Waals surface area contributed by atoms with Crippen molar-refractivity contribution in [2.45, 2.75) is 0 Å². The molecule has 0 fully saturated rings. The van der Waals surface area contributed by atoms with Crippen LogP contribution in [0.4, 0.5) is 0 Å². The fourth-order valence-corrected chi connectivity index (χ4v) is 0.406. The maximum absolute atomic E-state index is 3.90. The summed E-state index contributed by atoms with van der Waals surface area (Å²) in [6, 6.07) is 0. The third-order valence-electron chi connectivity index (χ3n) is 0.748. The van der Waals surface area contributed by atoms with Crippen molar-refractivity contribution in [1.29, 1.82) is 0 Å². The molecule has 1 rings (SSSR count). The van der Waals surface area contributed by atoms with Gasteiger partial charge in [-0.2, -0.15) is 6.20 Å². The van der Waals surface area contributed by atoms with E-state index in [4.69, 9.17) is 0 Å². The lowest BCUT2D eigenvalue weighted by Crippen LogP contribution is -2.01. The third kappa shape index (κ3) is 0.961. The predicted octanol–water partition coefficient (Wildman–Crippen LogP) is 1.25. The first-order valence-corrected chi connectivity index (χ1v) is 2.16. The van der Waals surface area contributed by atoms with Gasteiger partial charge in [0.1, 0.15) is 0 Å². The first-order chi connectivity index (χ1) is 3.39. The monoisotopic (exact) mass is 95.1 g/mol. The van der Waals surface area contributed by atoms with Gasteiger partial charge in [-0.1, -0.05) is 6.08 Å². The Labute approximate surface area is 43.1 Å². The molecule has 0 spiro atoms. The Bertz CT molecular complexity index is 105. The molecule has 0 aromatic rings. The Morgan fingerprint density at radius 2 is 2.29 bits per heavy atom. The van der Waals surface area contributed by atoms with Gasteiger partial charge in [-0.25, -0.2) is 0 Å². The summed E-state index contributed by atoms with van der Waals surface area (Å²) in [5.74, 6) is 0. The molecule has 0 aliphatic carbocycles. The molecule has 1 aliphatic heterocycles. The van der Waals surface area contributed by atoms with E-state index in [0.29, 0.717) is 0 Å². The van der Waals surface area contributed by atoms with Gasteiger partial charge >= 0.3 is 0 Å². The molecule has 2 nitrogen and oxygen atoms in total. The molecule has 1 aliphatic rings. The molecule has 0 saturated carbocycles. The van der Waals surface area contributed by atoms with E-state index in [0.717, 1.165) is 0 Å². The molecule has 0 atom stereocenters. The lowest BCUT2D eigenvalue weighted by atomic mass is 10.5. The van der Waals surface area contributed by atoms with Crippen LogP contribution in [0.1, 0.15) is 0 Å². The van der Waals surface area contributed by atoms with Crippen LogP contribution in [0, 0.1) is 0 Å². The van der Waals surface area contributed by atoms with Crippen molar-refractivity contribution >= 4 is 0 Å². The molecule has 0 aromatic carbocycles. The summed E-state index contributed by atoms with van der Waals surface area (Å²) in [7, 11) is 1.89. The van der Waals surface area contributed by atoms with E-state index in [1.807, 2.05) is 25.4 Å². The van der Waals surface area contributed by atoms with Crippen molar-refractivity contribution in [1.82, 2.24) is 5.01 Å². The minimum Gasteiger partial charge on any atom is -0.602 e. The van der Waals surface area contributed by atoms with Crippen LogP contribution in [0.3, 0.4) is 0 Å². The van der Waals surface area contributed by atoms with Gasteiger partial charge in [0, 0.05) is 0 Å². The average Bonchev–Trinajstić information content (AvgIpc) is 1.69. The summed E-state index contributed by atoms with van der Waals surface area (Å²) in [6.07, 6.45) is 7.47. The largest absolute Gasteiger partial charge is 0.602 e. The second kappa shape index (κ2) is 1.69. The molecule has 2 heteroatoms. The molecular formula is C5H7N2-. The van der Waals surface area contributed by atoms with Gasteiger partial charge < -0.3 is 10.4 Å². The molecule has 0 aromatic heterocycles. The predicted molar refractivity (Wildman–Crippen MR) is 29.4 cm³/mol. The molecular weight excluding hydrogens is 88.1 g/mol. The Hall–Kier alpha value is -0.920. The maximum atomic E-state index is 3.90. The second-order valence-electron chi connectivity index (χ2n) is 1.37. The van der Waals surface area contributed by atoms with Crippen LogP contribution in [-0.2, 0) is 0 Å². The van der Waals surface area contributed by atoms with Crippen molar-refractivity contribution in [3.8, 4) is 0 Å². The fourth-order valence-electron chi connectivity index (χ4n) is 0.406. The standard InChI is InChI=1S/C5H7N2/c1-7-5-3-2-4-6-7/h2-5H,1H3/q-1. The van der Waals surface area contributed by atoms with Gasteiger partial charge in [0.15, 0.2) is 0 Å². The SMILES string of the molecule is CN1C=CC=C[N-]1. The number of allylic oxidation sites excluding steroid dienone is 2. The van der Waals surface area contributed by atoms with Crippen LogP contribution in [-0.4, -0.2) is 12.1 Å². The molecule has 0 radical (unpaired) electrons. The smallest absolute Gasteiger partial charge is 0.00914 e.